The lowest BCUT2D eigenvalue weighted by Crippen LogP contribution is -2.29. The Hall–Kier alpha value is -2.36. The van der Waals surface area contributed by atoms with E-state index in [1.54, 1.807) is 4.68 Å². The summed E-state index contributed by atoms with van der Waals surface area (Å²) in [6, 6.07) is 13.9. The predicted octanol–water partition coefficient (Wildman–Crippen LogP) is 2.33. The number of hydrogen-bond donors (Lipinski definition) is 0. The Balaban J connectivity index is 2.12. The van der Waals surface area contributed by atoms with E-state index in [2.05, 4.69) is 5.21 Å². The van der Waals surface area contributed by atoms with Crippen LogP contribution in [0.15, 0.2) is 42.5 Å². The second-order valence-electron chi connectivity index (χ2n) is 4.83. The van der Waals surface area contributed by atoms with Gasteiger partial charge in [0.1, 0.15) is 6.54 Å². The highest BCUT2D eigenvalue weighted by atomic mass is 16.5. The Morgan fingerprint density at radius 3 is 2.53 bits per heavy atom. The van der Waals surface area contributed by atoms with Gasteiger partial charge < -0.3 is 5.21 Å². The van der Waals surface area contributed by atoms with Gasteiger partial charge in [-0.25, -0.2) is 0 Å². The maximum Gasteiger partial charge on any atom is 0.202 e. The zero-order chi connectivity index (χ0) is 13.4. The van der Waals surface area contributed by atoms with Crippen molar-refractivity contribution in [2.24, 2.45) is 0 Å². The first kappa shape index (κ1) is 11.7. The van der Waals surface area contributed by atoms with Crippen LogP contribution in [0.4, 0.5) is 0 Å². The number of nitrogens with zero attached hydrogens (tertiary/aromatic N) is 3. The normalized spacial score (nSPS) is 11.1. The fraction of sp³-hybridized carbons (Fsp3) is 0.200. The van der Waals surface area contributed by atoms with Gasteiger partial charge in [-0.05, 0) is 42.7 Å². The van der Waals surface area contributed by atoms with Gasteiger partial charge in [-0.1, -0.05) is 30.3 Å². The van der Waals surface area contributed by atoms with Crippen molar-refractivity contribution in [3.05, 3.63) is 64.4 Å². The van der Waals surface area contributed by atoms with Crippen molar-refractivity contribution in [3.63, 3.8) is 0 Å². The molecule has 4 nitrogen and oxygen atoms in total. The summed E-state index contributed by atoms with van der Waals surface area (Å²) in [4.78, 5) is 0.699. The summed E-state index contributed by atoms with van der Waals surface area (Å²) in [7, 11) is 0. The van der Waals surface area contributed by atoms with Crippen LogP contribution < -0.4 is 4.85 Å². The molecular weight excluding hydrogens is 238 g/mol. The van der Waals surface area contributed by atoms with Crippen molar-refractivity contribution < 1.29 is 4.85 Å². The van der Waals surface area contributed by atoms with Crippen molar-refractivity contribution in [1.82, 2.24) is 9.90 Å². The zero-order valence-electron chi connectivity index (χ0n) is 11.0. The molecule has 3 rings (SSSR count). The average Bonchev–Trinajstić information content (AvgIpc) is 2.68. The molecule has 0 radical (unpaired) electrons. The third kappa shape index (κ3) is 2.05. The smallest absolute Gasteiger partial charge is 0.202 e. The first-order chi connectivity index (χ1) is 9.15. The molecule has 0 unspecified atom stereocenters. The molecule has 1 aromatic heterocycles. The molecule has 0 spiro atoms. The average molecular weight is 253 g/mol. The lowest BCUT2D eigenvalue weighted by atomic mass is 10.1. The topological polar surface area (TPSA) is 44.8 Å². The van der Waals surface area contributed by atoms with E-state index in [1.165, 1.54) is 5.56 Å². The molecule has 1 heterocycles. The first-order valence-electron chi connectivity index (χ1n) is 6.26. The van der Waals surface area contributed by atoms with Gasteiger partial charge in [0.05, 0.1) is 5.21 Å². The van der Waals surface area contributed by atoms with Gasteiger partial charge in [0.2, 0.25) is 5.52 Å². The maximum atomic E-state index is 11.8. The van der Waals surface area contributed by atoms with Gasteiger partial charge in [-0.2, -0.15) is 0 Å². The first-order valence-corrected chi connectivity index (χ1v) is 6.26. The van der Waals surface area contributed by atoms with Crippen molar-refractivity contribution in [2.45, 2.75) is 20.4 Å². The van der Waals surface area contributed by atoms with Gasteiger partial charge in [0.15, 0.2) is 5.52 Å². The number of aryl methyl sites for hydroxylation is 2. The van der Waals surface area contributed by atoms with Crippen LogP contribution in [0.1, 0.15) is 16.7 Å². The standard InChI is InChI=1S/C15H15N3O/c1-11-8-14-15(9-12(11)2)18(19)16-17(14)10-13-6-4-3-5-7-13/h3-9H,10H2,1-2H3. The van der Waals surface area contributed by atoms with Crippen LogP contribution in [0.2, 0.25) is 0 Å². The van der Waals surface area contributed by atoms with Gasteiger partial charge >= 0.3 is 0 Å². The Labute approximate surface area is 111 Å². The molecule has 0 N–H and O–H groups in total. The predicted molar refractivity (Wildman–Crippen MR) is 73.7 cm³/mol. The van der Waals surface area contributed by atoms with E-state index in [0.717, 1.165) is 16.6 Å². The van der Waals surface area contributed by atoms with Gasteiger partial charge in [0, 0.05) is 0 Å². The van der Waals surface area contributed by atoms with Crippen molar-refractivity contribution in [2.75, 3.05) is 0 Å². The molecule has 0 saturated heterocycles. The molecule has 19 heavy (non-hydrogen) atoms. The molecule has 0 fully saturated rings. The largest absolute Gasteiger partial charge is 0.691 e. The van der Waals surface area contributed by atoms with E-state index in [9.17, 15) is 5.21 Å². The van der Waals surface area contributed by atoms with E-state index in [-0.39, 0.29) is 0 Å². The Bertz CT molecular complexity index is 732. The van der Waals surface area contributed by atoms with Crippen molar-refractivity contribution in [1.29, 1.82) is 0 Å². The number of benzene rings is 2. The fourth-order valence-electron chi connectivity index (χ4n) is 2.21. The van der Waals surface area contributed by atoms with Gasteiger partial charge in [0.25, 0.3) is 0 Å². The summed E-state index contributed by atoms with van der Waals surface area (Å²) in [6.45, 7) is 4.65. The molecule has 0 atom stereocenters. The quantitative estimate of drug-likeness (QED) is 0.519. The van der Waals surface area contributed by atoms with Crippen LogP contribution in [0, 0.1) is 19.1 Å². The molecule has 0 bridgehead atoms. The van der Waals surface area contributed by atoms with E-state index >= 15 is 0 Å². The van der Waals surface area contributed by atoms with E-state index in [0.29, 0.717) is 16.9 Å². The molecule has 0 aliphatic rings. The monoisotopic (exact) mass is 253 g/mol. The van der Waals surface area contributed by atoms with E-state index < -0.39 is 0 Å². The SMILES string of the molecule is Cc1cc2c(cc1C)[n+]([O-])nn2Cc1ccccc1. The molecule has 0 aliphatic carbocycles. The molecule has 3 aromatic rings. The minimum absolute atomic E-state index is 0.606. The third-order valence-corrected chi connectivity index (χ3v) is 3.44. The number of rotatable bonds is 2. The summed E-state index contributed by atoms with van der Waals surface area (Å²) in [5, 5.41) is 15.9. The Morgan fingerprint density at radius 1 is 1.11 bits per heavy atom. The summed E-state index contributed by atoms with van der Waals surface area (Å²) >= 11 is 0. The zero-order valence-corrected chi connectivity index (χ0v) is 11.0. The van der Waals surface area contributed by atoms with Crippen molar-refractivity contribution in [3.8, 4) is 0 Å². The minimum atomic E-state index is 0.606. The third-order valence-electron chi connectivity index (χ3n) is 3.44. The van der Waals surface area contributed by atoms with Gasteiger partial charge in [-0.15, -0.1) is 9.53 Å². The lowest BCUT2D eigenvalue weighted by molar-refractivity contribution is -0.646. The highest BCUT2D eigenvalue weighted by molar-refractivity contribution is 5.73. The highest BCUT2D eigenvalue weighted by Gasteiger charge is 2.15. The van der Waals surface area contributed by atoms with Gasteiger partial charge in [-0.3, -0.25) is 0 Å². The molecular formula is C15H15N3O. The molecule has 0 saturated carbocycles. The Kier molecular flexibility index (Phi) is 2.71. The minimum Gasteiger partial charge on any atom is -0.691 e. The number of aromatic nitrogens is 3. The van der Waals surface area contributed by atoms with Crippen LogP contribution in [0.25, 0.3) is 11.0 Å². The second-order valence-corrected chi connectivity index (χ2v) is 4.83. The molecule has 2 aromatic carbocycles. The number of fused-ring (bicyclic) bond motifs is 1. The van der Waals surface area contributed by atoms with Crippen LogP contribution in [0.3, 0.4) is 0 Å². The molecule has 0 amide bonds. The molecule has 4 heteroatoms. The second kappa shape index (κ2) is 4.39. The highest BCUT2D eigenvalue weighted by Crippen LogP contribution is 2.17. The number of hydrogen-bond acceptors (Lipinski definition) is 2. The fourth-order valence-corrected chi connectivity index (χ4v) is 2.21. The molecule has 96 valence electrons. The van der Waals surface area contributed by atoms with E-state index in [1.807, 2.05) is 56.3 Å². The summed E-state index contributed by atoms with van der Waals surface area (Å²) in [5.74, 6) is 0. The Morgan fingerprint density at radius 2 is 1.79 bits per heavy atom. The molecule has 0 aliphatic heterocycles. The van der Waals surface area contributed by atoms with Crippen LogP contribution in [-0.2, 0) is 6.54 Å². The van der Waals surface area contributed by atoms with Crippen molar-refractivity contribution >= 4 is 11.0 Å². The van der Waals surface area contributed by atoms with Crippen LogP contribution in [0.5, 0.6) is 0 Å². The van der Waals surface area contributed by atoms with Crippen LogP contribution >= 0.6 is 0 Å². The summed E-state index contributed by atoms with van der Waals surface area (Å²) in [5.41, 5.74) is 4.91. The summed E-state index contributed by atoms with van der Waals surface area (Å²) < 4.78 is 1.75. The van der Waals surface area contributed by atoms with Crippen LogP contribution in [-0.4, -0.2) is 9.90 Å². The summed E-state index contributed by atoms with van der Waals surface area (Å²) in [6.07, 6.45) is 0. The van der Waals surface area contributed by atoms with E-state index in [4.69, 9.17) is 0 Å². The maximum absolute atomic E-state index is 11.8. The lowest BCUT2D eigenvalue weighted by Gasteiger charge is -1.99.